The molecule has 1 aromatic carbocycles. The van der Waals surface area contributed by atoms with Crippen LogP contribution in [-0.4, -0.2) is 69.5 Å². The van der Waals surface area contributed by atoms with E-state index in [0.717, 1.165) is 69.2 Å². The Labute approximate surface area is 258 Å². The van der Waals surface area contributed by atoms with Crippen LogP contribution in [0.1, 0.15) is 138 Å². The van der Waals surface area contributed by atoms with E-state index in [0.29, 0.717) is 36.2 Å². The first kappa shape index (κ1) is 31.5. The van der Waals surface area contributed by atoms with Gasteiger partial charge in [-0.25, -0.2) is 4.99 Å². The van der Waals surface area contributed by atoms with E-state index in [1.54, 1.807) is 6.07 Å². The molecular weight excluding hydrogens is 538 g/mol. The molecule has 3 fully saturated rings. The van der Waals surface area contributed by atoms with E-state index in [1.807, 2.05) is 17.0 Å². The molecule has 0 spiro atoms. The fraction of sp³-hybridized carbons (Fsp3) is 0.714. The van der Waals surface area contributed by atoms with Gasteiger partial charge in [0.25, 0.3) is 0 Å². The van der Waals surface area contributed by atoms with Crippen LogP contribution in [-0.2, 0) is 16.1 Å². The summed E-state index contributed by atoms with van der Waals surface area (Å²) in [6.45, 7) is 3.61. The highest BCUT2D eigenvalue weighted by atomic mass is 16.2. The fourth-order valence-corrected chi connectivity index (χ4v) is 7.84. The molecule has 2 amide bonds. The normalized spacial score (nSPS) is 20.0. The Bertz CT molecular complexity index is 1150. The van der Waals surface area contributed by atoms with Crippen molar-refractivity contribution in [1.82, 2.24) is 14.7 Å². The van der Waals surface area contributed by atoms with Crippen LogP contribution in [0.4, 0.5) is 5.69 Å². The van der Waals surface area contributed by atoms with Gasteiger partial charge in [0.05, 0.1) is 5.69 Å². The molecule has 1 heterocycles. The van der Waals surface area contributed by atoms with Crippen molar-refractivity contribution >= 4 is 29.2 Å². The van der Waals surface area contributed by atoms with Crippen LogP contribution in [0.5, 0.6) is 0 Å². The Balaban J connectivity index is 1.21. The summed E-state index contributed by atoms with van der Waals surface area (Å²) in [4.78, 5) is 51.1. The minimum Gasteiger partial charge on any atom is -0.369 e. The van der Waals surface area contributed by atoms with Gasteiger partial charge < -0.3 is 20.4 Å². The number of unbranched alkanes of at least 4 members (excludes halogenated alkanes) is 1. The summed E-state index contributed by atoms with van der Waals surface area (Å²) >= 11 is 0. The van der Waals surface area contributed by atoms with Gasteiger partial charge in [-0.05, 0) is 68.7 Å². The Kier molecular flexibility index (Phi) is 11.1. The first-order valence-electron chi connectivity index (χ1n) is 17.3. The summed E-state index contributed by atoms with van der Waals surface area (Å²) in [5.41, 5.74) is 8.62. The van der Waals surface area contributed by atoms with Crippen LogP contribution < -0.4 is 5.73 Å². The van der Waals surface area contributed by atoms with Gasteiger partial charge in [-0.15, -0.1) is 0 Å². The molecular formula is C35H53N5O3. The van der Waals surface area contributed by atoms with Gasteiger partial charge in [0.1, 0.15) is 6.54 Å². The van der Waals surface area contributed by atoms with Crippen LogP contribution in [0, 0.1) is 0 Å². The number of carbonyl (C=O) groups excluding carboxylic acids is 3. The van der Waals surface area contributed by atoms with Gasteiger partial charge in [0, 0.05) is 49.6 Å². The van der Waals surface area contributed by atoms with E-state index < -0.39 is 0 Å². The number of Topliss-reactive ketones (excluding diaryl/α,β-unsaturated/α-hetero) is 1. The molecule has 0 bridgehead atoms. The Morgan fingerprint density at radius 2 is 1.44 bits per heavy atom. The summed E-state index contributed by atoms with van der Waals surface area (Å²) in [6.07, 6.45) is 18.7. The van der Waals surface area contributed by atoms with Gasteiger partial charge in [0.15, 0.2) is 11.7 Å². The predicted molar refractivity (Wildman–Crippen MR) is 171 cm³/mol. The van der Waals surface area contributed by atoms with E-state index in [9.17, 15) is 14.4 Å². The Morgan fingerprint density at radius 1 is 0.837 bits per heavy atom. The van der Waals surface area contributed by atoms with E-state index >= 15 is 0 Å². The number of rotatable bonds is 12. The maximum Gasteiger partial charge on any atom is 0.242 e. The number of hydrogen-bond donors (Lipinski definition) is 1. The van der Waals surface area contributed by atoms with Crippen molar-refractivity contribution in [1.29, 1.82) is 0 Å². The molecule has 0 saturated heterocycles. The Hall–Kier alpha value is -2.90. The summed E-state index contributed by atoms with van der Waals surface area (Å²) in [5, 5.41) is 0. The minimum absolute atomic E-state index is 0.0231. The smallest absolute Gasteiger partial charge is 0.242 e. The molecule has 1 aromatic rings. The molecule has 4 aliphatic rings. The van der Waals surface area contributed by atoms with Gasteiger partial charge in [-0.1, -0.05) is 64.7 Å². The zero-order chi connectivity index (χ0) is 30.2. The van der Waals surface area contributed by atoms with Crippen molar-refractivity contribution in [3.8, 4) is 0 Å². The first-order valence-corrected chi connectivity index (χ1v) is 17.3. The highest BCUT2D eigenvalue weighted by Gasteiger charge is 2.35. The van der Waals surface area contributed by atoms with Crippen LogP contribution in [0.3, 0.4) is 0 Å². The minimum atomic E-state index is -0.0231. The van der Waals surface area contributed by atoms with Crippen molar-refractivity contribution in [2.24, 2.45) is 10.7 Å². The average Bonchev–Trinajstić information content (AvgIpc) is 3.56. The summed E-state index contributed by atoms with van der Waals surface area (Å²) < 4.78 is 0. The molecule has 2 N–H and O–H groups in total. The molecule has 236 valence electrons. The lowest BCUT2D eigenvalue weighted by Crippen LogP contribution is -2.52. The highest BCUT2D eigenvalue weighted by molar-refractivity contribution is 5.99. The number of nitrogens with zero attached hydrogens (tertiary/aromatic N) is 4. The third-order valence-corrected chi connectivity index (χ3v) is 10.3. The number of benzene rings is 1. The third kappa shape index (κ3) is 7.98. The molecule has 43 heavy (non-hydrogen) atoms. The third-order valence-electron chi connectivity index (χ3n) is 10.3. The molecule has 8 nitrogen and oxygen atoms in total. The molecule has 3 saturated carbocycles. The summed E-state index contributed by atoms with van der Waals surface area (Å²) in [7, 11) is 0. The maximum absolute atomic E-state index is 13.8. The van der Waals surface area contributed by atoms with E-state index in [-0.39, 0.29) is 37.0 Å². The van der Waals surface area contributed by atoms with Crippen molar-refractivity contribution in [2.75, 3.05) is 13.1 Å². The SMILES string of the molecule is CCCCN(C(=O)CCC(=O)c1ccc2c(c1)CN(CC(=O)N(C1CCCCC1)C1CCCC1)C(N)=N2)C1CCCCC1. The number of carbonyl (C=O) groups is 3. The second-order valence-electron chi connectivity index (χ2n) is 13.4. The van der Waals surface area contributed by atoms with E-state index in [2.05, 4.69) is 21.7 Å². The number of hydrogen-bond acceptors (Lipinski definition) is 6. The Morgan fingerprint density at radius 3 is 2.07 bits per heavy atom. The van der Waals surface area contributed by atoms with Crippen molar-refractivity contribution in [3.63, 3.8) is 0 Å². The number of fused-ring (bicyclic) bond motifs is 1. The largest absolute Gasteiger partial charge is 0.369 e. The van der Waals surface area contributed by atoms with Crippen LogP contribution in [0.25, 0.3) is 0 Å². The second kappa shape index (κ2) is 15.2. The number of ketones is 1. The maximum atomic E-state index is 13.8. The number of aliphatic imine (C=N–C) groups is 1. The molecule has 8 heteroatoms. The number of guanidine groups is 1. The van der Waals surface area contributed by atoms with Crippen molar-refractivity contribution in [3.05, 3.63) is 29.3 Å². The monoisotopic (exact) mass is 591 g/mol. The van der Waals surface area contributed by atoms with Crippen LogP contribution in [0.2, 0.25) is 0 Å². The lowest BCUT2D eigenvalue weighted by molar-refractivity contribution is -0.137. The lowest BCUT2D eigenvalue weighted by Gasteiger charge is -2.40. The highest BCUT2D eigenvalue weighted by Crippen LogP contribution is 2.32. The quantitative estimate of drug-likeness (QED) is 0.281. The van der Waals surface area contributed by atoms with Gasteiger partial charge in [-0.2, -0.15) is 0 Å². The zero-order valence-electron chi connectivity index (χ0n) is 26.4. The molecule has 0 aromatic heterocycles. The molecule has 0 atom stereocenters. The van der Waals surface area contributed by atoms with Gasteiger partial charge >= 0.3 is 0 Å². The van der Waals surface area contributed by atoms with Crippen LogP contribution in [0.15, 0.2) is 23.2 Å². The number of nitrogens with two attached hydrogens (primary N) is 1. The molecule has 3 aliphatic carbocycles. The van der Waals surface area contributed by atoms with Crippen LogP contribution >= 0.6 is 0 Å². The van der Waals surface area contributed by atoms with Gasteiger partial charge in [0.2, 0.25) is 11.8 Å². The molecule has 5 rings (SSSR count). The topological polar surface area (TPSA) is 99.3 Å². The zero-order valence-corrected chi connectivity index (χ0v) is 26.4. The predicted octanol–water partition coefficient (Wildman–Crippen LogP) is 6.48. The molecule has 0 unspecified atom stereocenters. The molecule has 1 aliphatic heterocycles. The lowest BCUT2D eigenvalue weighted by atomic mass is 9.92. The van der Waals surface area contributed by atoms with E-state index in [1.165, 1.54) is 51.4 Å². The van der Waals surface area contributed by atoms with Crippen molar-refractivity contribution < 1.29 is 14.4 Å². The standard InChI is InChI=1S/C35H53N5O3/c1-2-3-22-39(28-12-6-4-7-13-28)33(42)21-20-32(41)26-18-19-31-27(23-26)24-38(35(36)37-31)25-34(43)40(30-16-10-11-17-30)29-14-8-5-9-15-29/h18-19,23,28-30H,2-17,20-22,24-25H2,1H3,(H2,36,37). The average molecular weight is 592 g/mol. The summed E-state index contributed by atoms with van der Waals surface area (Å²) in [6, 6.07) is 6.53. The number of amides is 2. The van der Waals surface area contributed by atoms with Crippen molar-refractivity contribution in [2.45, 2.75) is 147 Å². The van der Waals surface area contributed by atoms with E-state index in [4.69, 9.17) is 5.73 Å². The fourth-order valence-electron chi connectivity index (χ4n) is 7.84. The first-order chi connectivity index (χ1) is 20.9. The van der Waals surface area contributed by atoms with Gasteiger partial charge in [-0.3, -0.25) is 14.4 Å². The molecule has 0 radical (unpaired) electrons. The summed E-state index contributed by atoms with van der Waals surface area (Å²) in [5.74, 6) is 0.593. The second-order valence-corrected chi connectivity index (χ2v) is 13.4.